The molecule has 2 aliphatic rings. The van der Waals surface area contributed by atoms with E-state index in [9.17, 15) is 19.2 Å². The first-order valence-corrected chi connectivity index (χ1v) is 13.6. The van der Waals surface area contributed by atoms with E-state index in [2.05, 4.69) is 5.32 Å². The molecule has 0 bridgehead atoms. The lowest BCUT2D eigenvalue weighted by atomic mass is 9.89. The molecule has 0 aliphatic carbocycles. The fourth-order valence-electron chi connectivity index (χ4n) is 5.14. The molecule has 1 aromatic carbocycles. The van der Waals surface area contributed by atoms with Gasteiger partial charge in [0.25, 0.3) is 11.8 Å². The minimum Gasteiger partial charge on any atom is -0.450 e. The van der Waals surface area contributed by atoms with Crippen molar-refractivity contribution in [2.75, 3.05) is 52.4 Å². The van der Waals surface area contributed by atoms with Gasteiger partial charge in [-0.3, -0.25) is 19.4 Å². The van der Waals surface area contributed by atoms with Gasteiger partial charge in [0, 0.05) is 56.4 Å². The maximum atomic E-state index is 13.5. The molecule has 10 heteroatoms. The highest BCUT2D eigenvalue weighted by Crippen LogP contribution is 2.30. The average Bonchev–Trinajstić information content (AvgIpc) is 2.96. The van der Waals surface area contributed by atoms with Crippen molar-refractivity contribution in [3.63, 3.8) is 0 Å². The molecule has 2 saturated heterocycles. The second-order valence-corrected chi connectivity index (χ2v) is 10.0. The van der Waals surface area contributed by atoms with Crippen molar-refractivity contribution in [2.45, 2.75) is 39.5 Å². The number of hydrogen-bond donors (Lipinski definition) is 1. The van der Waals surface area contributed by atoms with Crippen molar-refractivity contribution in [1.29, 1.82) is 0 Å². The lowest BCUT2D eigenvalue weighted by Crippen LogP contribution is -2.51. The number of carbonyl (C=O) groups excluding carboxylic acids is 4. The summed E-state index contributed by atoms with van der Waals surface area (Å²) in [6.45, 7) is 8.61. The summed E-state index contributed by atoms with van der Waals surface area (Å²) in [6.07, 6.45) is 1.02. The van der Waals surface area contributed by atoms with Crippen LogP contribution < -0.4 is 5.32 Å². The fourth-order valence-corrected chi connectivity index (χ4v) is 5.14. The quantitative estimate of drug-likeness (QED) is 0.609. The molecule has 0 atom stereocenters. The molecule has 1 aromatic heterocycles. The van der Waals surface area contributed by atoms with E-state index in [0.29, 0.717) is 69.8 Å². The number of piperidine rings is 1. The van der Waals surface area contributed by atoms with Crippen LogP contribution in [0.25, 0.3) is 0 Å². The number of hydrogen-bond acceptors (Lipinski definition) is 6. The van der Waals surface area contributed by atoms with Crippen molar-refractivity contribution >= 4 is 23.8 Å². The van der Waals surface area contributed by atoms with Gasteiger partial charge in [0.2, 0.25) is 5.91 Å². The summed E-state index contributed by atoms with van der Waals surface area (Å²) in [5.74, 6) is -0.413. The van der Waals surface area contributed by atoms with E-state index in [1.165, 1.54) is 0 Å². The van der Waals surface area contributed by atoms with E-state index < -0.39 is 0 Å². The molecule has 0 saturated carbocycles. The molecule has 2 fully saturated rings. The predicted octanol–water partition coefficient (Wildman–Crippen LogP) is 2.75. The number of nitrogens with one attached hydrogen (secondary N) is 1. The maximum absolute atomic E-state index is 13.5. The number of nitrogens with zero attached hydrogens (tertiary/aromatic N) is 4. The van der Waals surface area contributed by atoms with Crippen LogP contribution >= 0.6 is 0 Å². The van der Waals surface area contributed by atoms with Gasteiger partial charge in [0.1, 0.15) is 0 Å². The number of likely N-dealkylation sites (tertiary alicyclic amines) is 1. The number of rotatable bonds is 6. The van der Waals surface area contributed by atoms with Crippen LogP contribution in [0, 0.1) is 13.8 Å². The van der Waals surface area contributed by atoms with Gasteiger partial charge in [-0.2, -0.15) is 0 Å². The summed E-state index contributed by atoms with van der Waals surface area (Å²) >= 11 is 0. The van der Waals surface area contributed by atoms with Crippen LogP contribution in [0.3, 0.4) is 0 Å². The normalized spacial score (nSPS) is 16.1. The molecule has 208 valence electrons. The number of benzene rings is 1. The van der Waals surface area contributed by atoms with E-state index in [4.69, 9.17) is 9.72 Å². The lowest BCUT2D eigenvalue weighted by molar-refractivity contribution is -0.131. The third-order valence-electron chi connectivity index (χ3n) is 7.41. The van der Waals surface area contributed by atoms with Gasteiger partial charge in [-0.05, 0) is 57.4 Å². The zero-order valence-corrected chi connectivity index (χ0v) is 22.9. The van der Waals surface area contributed by atoms with Crippen LogP contribution in [0.4, 0.5) is 4.79 Å². The second-order valence-electron chi connectivity index (χ2n) is 10.0. The predicted molar refractivity (Wildman–Crippen MR) is 146 cm³/mol. The molecular formula is C29H37N5O5. The zero-order chi connectivity index (χ0) is 27.9. The summed E-state index contributed by atoms with van der Waals surface area (Å²) in [7, 11) is 0. The third kappa shape index (κ3) is 6.74. The smallest absolute Gasteiger partial charge is 0.409 e. The molecule has 0 spiro atoms. The first-order valence-electron chi connectivity index (χ1n) is 13.6. The number of aromatic nitrogens is 1. The molecule has 4 rings (SSSR count). The number of pyridine rings is 1. The minimum atomic E-state index is -0.349. The number of carbonyl (C=O) groups is 4. The largest absolute Gasteiger partial charge is 0.450 e. The summed E-state index contributed by atoms with van der Waals surface area (Å²) < 4.78 is 5.08. The highest BCUT2D eigenvalue weighted by Gasteiger charge is 2.31. The third-order valence-corrected chi connectivity index (χ3v) is 7.41. The maximum Gasteiger partial charge on any atom is 0.409 e. The highest BCUT2D eigenvalue weighted by atomic mass is 16.6. The van der Waals surface area contributed by atoms with Crippen LogP contribution in [0.5, 0.6) is 0 Å². The van der Waals surface area contributed by atoms with Crippen LogP contribution in [0.2, 0.25) is 0 Å². The topological polar surface area (TPSA) is 112 Å². The first kappa shape index (κ1) is 28.1. The fraction of sp³-hybridized carbons (Fsp3) is 0.483. The van der Waals surface area contributed by atoms with Crippen LogP contribution in [0.1, 0.15) is 63.4 Å². The second kappa shape index (κ2) is 12.7. The Balaban J connectivity index is 1.34. The van der Waals surface area contributed by atoms with Crippen molar-refractivity contribution in [3.05, 3.63) is 64.5 Å². The van der Waals surface area contributed by atoms with Gasteiger partial charge in [-0.15, -0.1) is 0 Å². The van der Waals surface area contributed by atoms with Crippen LogP contribution in [0.15, 0.2) is 36.4 Å². The molecule has 10 nitrogen and oxygen atoms in total. The molecule has 4 amide bonds. The minimum absolute atomic E-state index is 0.0512. The lowest BCUT2D eigenvalue weighted by Gasteiger charge is -2.35. The molecule has 0 unspecified atom stereocenters. The van der Waals surface area contributed by atoms with Gasteiger partial charge in [-0.25, -0.2) is 4.79 Å². The van der Waals surface area contributed by atoms with E-state index >= 15 is 0 Å². The summed E-state index contributed by atoms with van der Waals surface area (Å²) in [5.41, 5.74) is 3.62. The number of amides is 4. The van der Waals surface area contributed by atoms with Crippen LogP contribution in [-0.2, 0) is 9.53 Å². The Morgan fingerprint density at radius 3 is 2.21 bits per heavy atom. The molecule has 1 N–H and O–H groups in total. The average molecular weight is 536 g/mol. The molecule has 0 radical (unpaired) electrons. The van der Waals surface area contributed by atoms with Crippen molar-refractivity contribution < 1.29 is 23.9 Å². The van der Waals surface area contributed by atoms with Crippen LogP contribution in [-0.4, -0.2) is 95.9 Å². The van der Waals surface area contributed by atoms with Gasteiger partial charge in [0.05, 0.1) is 24.4 Å². The Morgan fingerprint density at radius 2 is 1.54 bits per heavy atom. The first-order chi connectivity index (χ1) is 18.8. The monoisotopic (exact) mass is 535 g/mol. The number of ether oxygens (including phenoxy) is 1. The number of piperazine rings is 1. The summed E-state index contributed by atoms with van der Waals surface area (Å²) in [5, 5.41) is 2.74. The molecule has 2 aliphatic heterocycles. The Bertz CT molecular complexity index is 1220. The molecule has 2 aromatic rings. The van der Waals surface area contributed by atoms with E-state index in [0.717, 1.165) is 17.0 Å². The van der Waals surface area contributed by atoms with Crippen molar-refractivity contribution in [1.82, 2.24) is 25.0 Å². The Hall–Kier alpha value is -3.95. The standard InChI is InChI=1S/C29H37N5O5/c1-4-39-29(38)34-17-15-33(16-18-34)28(37)24-10-9-21(3)31-26(24)22-11-13-32(14-12-22)25(35)19-30-27(36)23-8-6-5-7-20(23)2/h5-10,22H,4,11-19H2,1-3H3,(H,30,36). The summed E-state index contributed by atoms with van der Waals surface area (Å²) in [4.78, 5) is 60.7. The zero-order valence-electron chi connectivity index (χ0n) is 22.9. The van der Waals surface area contributed by atoms with E-state index in [1.807, 2.05) is 38.1 Å². The van der Waals surface area contributed by atoms with E-state index in [-0.39, 0.29) is 36.3 Å². The summed E-state index contributed by atoms with van der Waals surface area (Å²) in [6, 6.07) is 11.0. The highest BCUT2D eigenvalue weighted by molar-refractivity contribution is 5.97. The van der Waals surface area contributed by atoms with Gasteiger partial charge >= 0.3 is 6.09 Å². The van der Waals surface area contributed by atoms with Gasteiger partial charge in [-0.1, -0.05) is 18.2 Å². The molecule has 3 heterocycles. The Kier molecular flexibility index (Phi) is 9.16. The van der Waals surface area contributed by atoms with Gasteiger partial charge in [0.15, 0.2) is 0 Å². The Morgan fingerprint density at radius 1 is 0.872 bits per heavy atom. The SMILES string of the molecule is CCOC(=O)N1CCN(C(=O)c2ccc(C)nc2C2CCN(C(=O)CNC(=O)c3ccccc3C)CC2)CC1. The number of aryl methyl sites for hydroxylation is 2. The Labute approximate surface area is 229 Å². The molecular weight excluding hydrogens is 498 g/mol. The van der Waals surface area contributed by atoms with Crippen molar-refractivity contribution in [3.8, 4) is 0 Å². The van der Waals surface area contributed by atoms with Gasteiger partial charge < -0.3 is 24.8 Å². The van der Waals surface area contributed by atoms with E-state index in [1.54, 1.807) is 33.8 Å². The van der Waals surface area contributed by atoms with Crippen molar-refractivity contribution in [2.24, 2.45) is 0 Å². The molecule has 39 heavy (non-hydrogen) atoms.